The SMILES string of the molecule is Cc1cc(C(C)(CN)CO)n[nH]1. The number of nitrogens with one attached hydrogen (secondary N) is 1. The Bertz CT molecular complexity index is 253. The van der Waals surface area contributed by atoms with Gasteiger partial charge in [-0.1, -0.05) is 6.92 Å². The molecule has 4 heteroatoms. The van der Waals surface area contributed by atoms with Gasteiger partial charge in [-0.2, -0.15) is 5.10 Å². The van der Waals surface area contributed by atoms with Crippen LogP contribution in [-0.2, 0) is 5.41 Å². The maximum absolute atomic E-state index is 9.11. The van der Waals surface area contributed by atoms with Crippen molar-refractivity contribution in [3.05, 3.63) is 17.5 Å². The zero-order chi connectivity index (χ0) is 9.19. The standard InChI is InChI=1S/C8H15N3O/c1-6-3-7(11-10-6)8(2,4-9)5-12/h3,12H,4-5,9H2,1-2H3,(H,10,11). The van der Waals surface area contributed by atoms with Crippen molar-refractivity contribution in [2.45, 2.75) is 19.3 Å². The van der Waals surface area contributed by atoms with E-state index in [0.29, 0.717) is 6.54 Å². The average molecular weight is 169 g/mol. The molecule has 1 rings (SSSR count). The summed E-state index contributed by atoms with van der Waals surface area (Å²) in [6.07, 6.45) is 0. The first-order chi connectivity index (χ1) is 5.62. The first-order valence-corrected chi connectivity index (χ1v) is 3.96. The molecule has 0 aliphatic rings. The molecule has 4 N–H and O–H groups in total. The molecule has 68 valence electrons. The van der Waals surface area contributed by atoms with E-state index in [4.69, 9.17) is 10.8 Å². The average Bonchev–Trinajstić information content (AvgIpc) is 2.51. The number of aromatic nitrogens is 2. The van der Waals surface area contributed by atoms with Gasteiger partial charge in [0.15, 0.2) is 0 Å². The molecule has 0 saturated carbocycles. The topological polar surface area (TPSA) is 74.9 Å². The highest BCUT2D eigenvalue weighted by Crippen LogP contribution is 2.19. The number of rotatable bonds is 3. The lowest BCUT2D eigenvalue weighted by molar-refractivity contribution is 0.207. The Hall–Kier alpha value is -0.870. The summed E-state index contributed by atoms with van der Waals surface area (Å²) in [4.78, 5) is 0. The summed E-state index contributed by atoms with van der Waals surface area (Å²) in [7, 11) is 0. The molecule has 12 heavy (non-hydrogen) atoms. The van der Waals surface area contributed by atoms with Crippen molar-refractivity contribution >= 4 is 0 Å². The van der Waals surface area contributed by atoms with Gasteiger partial charge in [0.1, 0.15) is 0 Å². The molecule has 0 aliphatic heterocycles. The van der Waals surface area contributed by atoms with Crippen LogP contribution in [0.2, 0.25) is 0 Å². The summed E-state index contributed by atoms with van der Waals surface area (Å²) in [5.74, 6) is 0. The fourth-order valence-corrected chi connectivity index (χ4v) is 0.977. The molecule has 1 aromatic heterocycles. The lowest BCUT2D eigenvalue weighted by atomic mass is 9.88. The van der Waals surface area contributed by atoms with E-state index in [1.165, 1.54) is 0 Å². The molecule has 0 radical (unpaired) electrons. The quantitative estimate of drug-likeness (QED) is 0.592. The largest absolute Gasteiger partial charge is 0.395 e. The minimum atomic E-state index is -0.412. The summed E-state index contributed by atoms with van der Waals surface area (Å²) in [6.45, 7) is 4.23. The zero-order valence-electron chi connectivity index (χ0n) is 7.46. The van der Waals surface area contributed by atoms with Crippen LogP contribution in [0.3, 0.4) is 0 Å². The molecule has 0 aliphatic carbocycles. The Labute approximate surface area is 71.8 Å². The third kappa shape index (κ3) is 1.49. The summed E-state index contributed by atoms with van der Waals surface area (Å²) in [5, 5.41) is 16.0. The van der Waals surface area contributed by atoms with E-state index in [9.17, 15) is 0 Å². The van der Waals surface area contributed by atoms with E-state index in [1.807, 2.05) is 19.9 Å². The Balaban J connectivity index is 2.94. The molecular weight excluding hydrogens is 154 g/mol. The van der Waals surface area contributed by atoms with E-state index in [1.54, 1.807) is 0 Å². The van der Waals surface area contributed by atoms with Crippen LogP contribution in [0.5, 0.6) is 0 Å². The third-order valence-electron chi connectivity index (χ3n) is 2.12. The van der Waals surface area contributed by atoms with Crippen LogP contribution >= 0.6 is 0 Å². The van der Waals surface area contributed by atoms with E-state index in [-0.39, 0.29) is 6.61 Å². The van der Waals surface area contributed by atoms with Crippen molar-refractivity contribution in [1.82, 2.24) is 10.2 Å². The van der Waals surface area contributed by atoms with Crippen molar-refractivity contribution in [2.24, 2.45) is 5.73 Å². The summed E-state index contributed by atoms with van der Waals surface area (Å²) in [6, 6.07) is 1.91. The van der Waals surface area contributed by atoms with Crippen LogP contribution in [0.4, 0.5) is 0 Å². The number of nitrogens with zero attached hydrogens (tertiary/aromatic N) is 1. The van der Waals surface area contributed by atoms with Gasteiger partial charge in [0, 0.05) is 17.7 Å². The van der Waals surface area contributed by atoms with Gasteiger partial charge < -0.3 is 10.8 Å². The second-order valence-corrected chi connectivity index (χ2v) is 3.36. The number of H-pyrrole nitrogens is 1. The van der Waals surface area contributed by atoms with Gasteiger partial charge in [-0.05, 0) is 13.0 Å². The number of aryl methyl sites for hydroxylation is 1. The lowest BCUT2D eigenvalue weighted by Crippen LogP contribution is -2.35. The molecular formula is C8H15N3O. The van der Waals surface area contributed by atoms with Crippen LogP contribution < -0.4 is 5.73 Å². The molecule has 0 aromatic carbocycles. The van der Waals surface area contributed by atoms with Gasteiger partial charge in [0.25, 0.3) is 0 Å². The zero-order valence-corrected chi connectivity index (χ0v) is 7.46. The Morgan fingerprint density at radius 3 is 2.75 bits per heavy atom. The lowest BCUT2D eigenvalue weighted by Gasteiger charge is -2.22. The minimum Gasteiger partial charge on any atom is -0.395 e. The number of hydrogen-bond acceptors (Lipinski definition) is 3. The maximum atomic E-state index is 9.11. The second kappa shape index (κ2) is 3.25. The first kappa shape index (κ1) is 9.22. The van der Waals surface area contributed by atoms with Gasteiger partial charge in [-0.3, -0.25) is 5.10 Å². The highest BCUT2D eigenvalue weighted by atomic mass is 16.3. The number of hydrogen-bond donors (Lipinski definition) is 3. The van der Waals surface area contributed by atoms with Crippen molar-refractivity contribution < 1.29 is 5.11 Å². The van der Waals surface area contributed by atoms with Crippen LogP contribution in [0.1, 0.15) is 18.3 Å². The molecule has 1 aromatic rings. The highest BCUT2D eigenvalue weighted by molar-refractivity contribution is 5.18. The van der Waals surface area contributed by atoms with Crippen molar-refractivity contribution in [1.29, 1.82) is 0 Å². The molecule has 1 unspecified atom stereocenters. The Morgan fingerprint density at radius 1 is 1.75 bits per heavy atom. The van der Waals surface area contributed by atoms with Crippen molar-refractivity contribution in [2.75, 3.05) is 13.2 Å². The van der Waals surface area contributed by atoms with E-state index in [0.717, 1.165) is 11.4 Å². The predicted octanol–water partition coefficient (Wildman–Crippen LogP) is -0.0732. The summed E-state index contributed by atoms with van der Waals surface area (Å²) < 4.78 is 0. The molecule has 0 bridgehead atoms. The summed E-state index contributed by atoms with van der Waals surface area (Å²) in [5.41, 5.74) is 6.94. The molecule has 0 spiro atoms. The molecule has 0 amide bonds. The smallest absolute Gasteiger partial charge is 0.0719 e. The summed E-state index contributed by atoms with van der Waals surface area (Å²) >= 11 is 0. The normalized spacial score (nSPS) is 16.0. The van der Waals surface area contributed by atoms with Crippen molar-refractivity contribution in [3.63, 3.8) is 0 Å². The maximum Gasteiger partial charge on any atom is 0.0719 e. The number of aliphatic hydroxyl groups excluding tert-OH is 1. The first-order valence-electron chi connectivity index (χ1n) is 3.96. The fraction of sp³-hybridized carbons (Fsp3) is 0.625. The number of nitrogens with two attached hydrogens (primary N) is 1. The Kier molecular flexibility index (Phi) is 2.49. The number of aromatic amines is 1. The second-order valence-electron chi connectivity index (χ2n) is 3.36. The van der Waals surface area contributed by atoms with Gasteiger partial charge in [0.2, 0.25) is 0 Å². The van der Waals surface area contributed by atoms with E-state index < -0.39 is 5.41 Å². The van der Waals surface area contributed by atoms with Gasteiger partial charge in [-0.25, -0.2) is 0 Å². The molecule has 1 heterocycles. The van der Waals surface area contributed by atoms with Crippen molar-refractivity contribution in [3.8, 4) is 0 Å². The van der Waals surface area contributed by atoms with E-state index in [2.05, 4.69) is 10.2 Å². The number of aliphatic hydroxyl groups is 1. The molecule has 1 atom stereocenters. The Morgan fingerprint density at radius 2 is 2.42 bits per heavy atom. The van der Waals surface area contributed by atoms with Gasteiger partial charge in [0.05, 0.1) is 12.3 Å². The van der Waals surface area contributed by atoms with Crippen LogP contribution in [0.25, 0.3) is 0 Å². The van der Waals surface area contributed by atoms with Gasteiger partial charge in [-0.15, -0.1) is 0 Å². The third-order valence-corrected chi connectivity index (χ3v) is 2.12. The fourth-order valence-electron chi connectivity index (χ4n) is 0.977. The van der Waals surface area contributed by atoms with E-state index >= 15 is 0 Å². The van der Waals surface area contributed by atoms with Gasteiger partial charge >= 0.3 is 0 Å². The minimum absolute atomic E-state index is 0.0216. The molecule has 0 saturated heterocycles. The highest BCUT2D eigenvalue weighted by Gasteiger charge is 2.26. The molecule has 0 fully saturated rings. The predicted molar refractivity (Wildman–Crippen MR) is 46.8 cm³/mol. The monoisotopic (exact) mass is 169 g/mol. The van der Waals surface area contributed by atoms with Crippen LogP contribution in [0.15, 0.2) is 6.07 Å². The van der Waals surface area contributed by atoms with Crippen LogP contribution in [-0.4, -0.2) is 28.5 Å². The van der Waals surface area contributed by atoms with Crippen LogP contribution in [0, 0.1) is 6.92 Å². The molecule has 4 nitrogen and oxygen atoms in total.